The van der Waals surface area contributed by atoms with Gasteiger partial charge in [-0.25, -0.2) is 0 Å². The van der Waals surface area contributed by atoms with Gasteiger partial charge in [-0.2, -0.15) is 0 Å². The third kappa shape index (κ3) is 1.72. The molecule has 0 aromatic heterocycles. The Bertz CT molecular complexity index is 114. The molecule has 0 aliphatic carbocycles. The average molecular weight is 144 g/mol. The molecule has 0 saturated carbocycles. The molecular formula is C8H16O2. The van der Waals surface area contributed by atoms with E-state index in [0.717, 1.165) is 12.8 Å². The Morgan fingerprint density at radius 1 is 1.40 bits per heavy atom. The summed E-state index contributed by atoms with van der Waals surface area (Å²) in [5.41, 5.74) is -0.269. The van der Waals surface area contributed by atoms with Crippen LogP contribution in [0.15, 0.2) is 0 Å². The first-order valence-electron chi connectivity index (χ1n) is 3.69. The summed E-state index contributed by atoms with van der Waals surface area (Å²) in [5.74, 6) is -0.0995. The predicted molar refractivity (Wildman–Crippen MR) is 40.7 cm³/mol. The molecule has 0 bridgehead atoms. The van der Waals surface area contributed by atoms with E-state index in [-0.39, 0.29) is 11.4 Å². The molecule has 0 aromatic carbocycles. The van der Waals surface area contributed by atoms with E-state index in [1.165, 1.54) is 7.11 Å². The summed E-state index contributed by atoms with van der Waals surface area (Å²) < 4.78 is 4.66. The molecule has 0 unspecified atom stereocenters. The second-order valence-corrected chi connectivity index (χ2v) is 2.76. The number of hydrogen-bond donors (Lipinski definition) is 0. The normalized spacial score (nSPS) is 11.2. The number of hydrogen-bond acceptors (Lipinski definition) is 2. The van der Waals surface area contributed by atoms with Crippen LogP contribution in [0.4, 0.5) is 0 Å². The largest absolute Gasteiger partial charge is 0.469 e. The monoisotopic (exact) mass is 144 g/mol. The summed E-state index contributed by atoms with van der Waals surface area (Å²) in [6.07, 6.45) is 1.69. The molecule has 0 atom stereocenters. The van der Waals surface area contributed by atoms with Crippen LogP contribution < -0.4 is 0 Å². The zero-order valence-electron chi connectivity index (χ0n) is 7.23. The van der Waals surface area contributed by atoms with Crippen molar-refractivity contribution in [3.05, 3.63) is 0 Å². The minimum absolute atomic E-state index is 0.0995. The van der Waals surface area contributed by atoms with Crippen LogP contribution in [0.25, 0.3) is 0 Å². The first kappa shape index (κ1) is 9.47. The van der Waals surface area contributed by atoms with Gasteiger partial charge in [0.05, 0.1) is 12.5 Å². The molecule has 0 spiro atoms. The van der Waals surface area contributed by atoms with Gasteiger partial charge in [0, 0.05) is 0 Å². The fourth-order valence-electron chi connectivity index (χ4n) is 0.785. The molecule has 0 radical (unpaired) electrons. The SMILES string of the molecule is CCC(C)(CC)C(=O)OC. The van der Waals surface area contributed by atoms with Gasteiger partial charge in [0.1, 0.15) is 0 Å². The van der Waals surface area contributed by atoms with Crippen LogP contribution in [0.5, 0.6) is 0 Å². The Balaban J connectivity index is 4.17. The quantitative estimate of drug-likeness (QED) is 0.566. The van der Waals surface area contributed by atoms with Gasteiger partial charge in [-0.15, -0.1) is 0 Å². The maximum absolute atomic E-state index is 11.1. The zero-order chi connectivity index (χ0) is 8.20. The van der Waals surface area contributed by atoms with Gasteiger partial charge in [0.15, 0.2) is 0 Å². The molecule has 0 aliphatic rings. The third-order valence-corrected chi connectivity index (χ3v) is 2.24. The molecule has 0 aliphatic heterocycles. The van der Waals surface area contributed by atoms with Crippen molar-refractivity contribution in [3.63, 3.8) is 0 Å². The summed E-state index contributed by atoms with van der Waals surface area (Å²) in [6.45, 7) is 5.93. The Morgan fingerprint density at radius 2 is 1.80 bits per heavy atom. The molecule has 0 rings (SSSR count). The lowest BCUT2D eigenvalue weighted by Crippen LogP contribution is -2.27. The first-order valence-corrected chi connectivity index (χ1v) is 3.69. The fourth-order valence-corrected chi connectivity index (χ4v) is 0.785. The fraction of sp³-hybridized carbons (Fsp3) is 0.875. The molecule has 0 saturated heterocycles. The second-order valence-electron chi connectivity index (χ2n) is 2.76. The summed E-state index contributed by atoms with van der Waals surface area (Å²) in [4.78, 5) is 11.1. The predicted octanol–water partition coefficient (Wildman–Crippen LogP) is 1.99. The number of ether oxygens (including phenoxy) is 1. The number of esters is 1. The zero-order valence-corrected chi connectivity index (χ0v) is 7.23. The number of carbonyl (C=O) groups excluding carboxylic acids is 1. The summed E-state index contributed by atoms with van der Waals surface area (Å²) in [7, 11) is 1.44. The summed E-state index contributed by atoms with van der Waals surface area (Å²) in [6, 6.07) is 0. The van der Waals surface area contributed by atoms with Crippen LogP contribution in [0, 0.1) is 5.41 Å². The Kier molecular flexibility index (Phi) is 3.40. The Morgan fingerprint density at radius 3 is 1.90 bits per heavy atom. The molecule has 2 nitrogen and oxygen atoms in total. The maximum Gasteiger partial charge on any atom is 0.311 e. The molecule has 60 valence electrons. The standard InChI is InChI=1S/C8H16O2/c1-5-8(3,6-2)7(9)10-4/h5-6H2,1-4H3. The number of carbonyl (C=O) groups is 1. The highest BCUT2D eigenvalue weighted by Gasteiger charge is 2.29. The van der Waals surface area contributed by atoms with E-state index in [1.807, 2.05) is 20.8 Å². The van der Waals surface area contributed by atoms with Crippen molar-refractivity contribution in [2.75, 3.05) is 7.11 Å². The van der Waals surface area contributed by atoms with E-state index in [0.29, 0.717) is 0 Å². The van der Waals surface area contributed by atoms with E-state index in [4.69, 9.17) is 0 Å². The number of rotatable bonds is 3. The molecule has 0 N–H and O–H groups in total. The molecule has 0 fully saturated rings. The van der Waals surface area contributed by atoms with Crippen molar-refractivity contribution in [1.29, 1.82) is 0 Å². The third-order valence-electron chi connectivity index (χ3n) is 2.24. The lowest BCUT2D eigenvalue weighted by atomic mass is 9.85. The van der Waals surface area contributed by atoms with E-state index in [9.17, 15) is 4.79 Å². The maximum atomic E-state index is 11.1. The van der Waals surface area contributed by atoms with Crippen LogP contribution >= 0.6 is 0 Å². The molecule has 0 amide bonds. The van der Waals surface area contributed by atoms with Crippen LogP contribution in [0.2, 0.25) is 0 Å². The van der Waals surface area contributed by atoms with Gasteiger partial charge >= 0.3 is 5.97 Å². The van der Waals surface area contributed by atoms with Crippen molar-refractivity contribution in [1.82, 2.24) is 0 Å². The van der Waals surface area contributed by atoms with Crippen LogP contribution in [0.1, 0.15) is 33.6 Å². The van der Waals surface area contributed by atoms with Crippen molar-refractivity contribution in [2.24, 2.45) is 5.41 Å². The highest BCUT2D eigenvalue weighted by molar-refractivity contribution is 5.76. The van der Waals surface area contributed by atoms with E-state index < -0.39 is 0 Å². The van der Waals surface area contributed by atoms with Crippen molar-refractivity contribution in [3.8, 4) is 0 Å². The van der Waals surface area contributed by atoms with Gasteiger partial charge < -0.3 is 4.74 Å². The van der Waals surface area contributed by atoms with Crippen LogP contribution in [0.3, 0.4) is 0 Å². The molecular weight excluding hydrogens is 128 g/mol. The molecule has 0 heterocycles. The lowest BCUT2D eigenvalue weighted by molar-refractivity contribution is -0.152. The first-order chi connectivity index (χ1) is 4.60. The molecule has 10 heavy (non-hydrogen) atoms. The lowest BCUT2D eigenvalue weighted by Gasteiger charge is -2.22. The molecule has 2 heteroatoms. The Hall–Kier alpha value is -0.530. The minimum atomic E-state index is -0.269. The van der Waals surface area contributed by atoms with E-state index in [2.05, 4.69) is 4.74 Å². The van der Waals surface area contributed by atoms with E-state index >= 15 is 0 Å². The smallest absolute Gasteiger partial charge is 0.311 e. The topological polar surface area (TPSA) is 26.3 Å². The van der Waals surface area contributed by atoms with Crippen LogP contribution in [-0.4, -0.2) is 13.1 Å². The highest BCUT2D eigenvalue weighted by Crippen LogP contribution is 2.26. The van der Waals surface area contributed by atoms with E-state index in [1.54, 1.807) is 0 Å². The van der Waals surface area contributed by atoms with Crippen molar-refractivity contribution >= 4 is 5.97 Å². The highest BCUT2D eigenvalue weighted by atomic mass is 16.5. The van der Waals surface area contributed by atoms with Gasteiger partial charge in [-0.1, -0.05) is 13.8 Å². The van der Waals surface area contributed by atoms with Gasteiger partial charge in [0.25, 0.3) is 0 Å². The summed E-state index contributed by atoms with van der Waals surface area (Å²) in [5, 5.41) is 0. The minimum Gasteiger partial charge on any atom is -0.469 e. The summed E-state index contributed by atoms with van der Waals surface area (Å²) >= 11 is 0. The van der Waals surface area contributed by atoms with Gasteiger partial charge in [0.2, 0.25) is 0 Å². The Labute approximate surface area is 62.6 Å². The van der Waals surface area contributed by atoms with Gasteiger partial charge in [-0.3, -0.25) is 4.79 Å². The van der Waals surface area contributed by atoms with Crippen molar-refractivity contribution < 1.29 is 9.53 Å². The van der Waals surface area contributed by atoms with Crippen molar-refractivity contribution in [2.45, 2.75) is 33.6 Å². The molecule has 0 aromatic rings. The average Bonchev–Trinajstić information content (AvgIpc) is 2.01. The second kappa shape index (κ2) is 3.59. The van der Waals surface area contributed by atoms with Gasteiger partial charge in [-0.05, 0) is 19.8 Å². The van der Waals surface area contributed by atoms with Crippen LogP contribution in [-0.2, 0) is 9.53 Å². The number of methoxy groups -OCH3 is 1.